The standard InChI is InChI=1S/C35H41N3O5/c1-25(39)38-22-29-21-31(34(32(23-38)37-29)35(40)36-18-17-26-9-4-3-5-10-26)27-13-15-30(16-14-27)43-20-8-19-42-24-28-11-6-7-12-33(28)41-2/h3-7,9-16,29,32,37H,8,17-24H2,1-2H3,(H,36,40)/t29?,32-/m1/s1. The van der Waals surface area contributed by atoms with Gasteiger partial charge in [-0.1, -0.05) is 60.7 Å². The van der Waals surface area contributed by atoms with Crippen LogP contribution in [-0.2, 0) is 27.4 Å². The van der Waals surface area contributed by atoms with Crippen LogP contribution in [0.2, 0.25) is 0 Å². The van der Waals surface area contributed by atoms with Crippen LogP contribution in [0, 0.1) is 0 Å². The van der Waals surface area contributed by atoms with E-state index in [1.54, 1.807) is 14.0 Å². The van der Waals surface area contributed by atoms with Gasteiger partial charge in [0.15, 0.2) is 0 Å². The fourth-order valence-corrected chi connectivity index (χ4v) is 5.81. The van der Waals surface area contributed by atoms with Gasteiger partial charge in [0.1, 0.15) is 11.5 Å². The Morgan fingerprint density at radius 1 is 0.953 bits per heavy atom. The molecule has 43 heavy (non-hydrogen) atoms. The molecule has 2 aliphatic heterocycles. The lowest BCUT2D eigenvalue weighted by atomic mass is 9.83. The maximum absolute atomic E-state index is 13.6. The summed E-state index contributed by atoms with van der Waals surface area (Å²) >= 11 is 0. The average Bonchev–Trinajstić information content (AvgIpc) is 3.03. The number of benzene rings is 3. The van der Waals surface area contributed by atoms with E-state index < -0.39 is 0 Å². The number of para-hydroxylation sites is 1. The predicted molar refractivity (Wildman–Crippen MR) is 167 cm³/mol. The van der Waals surface area contributed by atoms with Gasteiger partial charge in [-0.25, -0.2) is 0 Å². The van der Waals surface area contributed by atoms with E-state index in [1.807, 2.05) is 71.6 Å². The molecule has 1 saturated heterocycles. The van der Waals surface area contributed by atoms with Crippen molar-refractivity contribution in [2.24, 2.45) is 0 Å². The van der Waals surface area contributed by atoms with Gasteiger partial charge in [0, 0.05) is 50.2 Å². The summed E-state index contributed by atoms with van der Waals surface area (Å²) in [5, 5.41) is 6.73. The molecule has 2 heterocycles. The molecular weight excluding hydrogens is 542 g/mol. The second-order valence-electron chi connectivity index (χ2n) is 11.0. The summed E-state index contributed by atoms with van der Waals surface area (Å²) in [5.41, 5.74) is 4.96. The number of ether oxygens (including phenoxy) is 3. The first kappa shape index (κ1) is 30.3. The fourth-order valence-electron chi connectivity index (χ4n) is 5.81. The zero-order chi connectivity index (χ0) is 30.0. The van der Waals surface area contributed by atoms with Gasteiger partial charge in [0.25, 0.3) is 0 Å². The van der Waals surface area contributed by atoms with Crippen LogP contribution in [0.15, 0.2) is 84.4 Å². The van der Waals surface area contributed by atoms with E-state index in [9.17, 15) is 9.59 Å². The summed E-state index contributed by atoms with van der Waals surface area (Å²) in [6.07, 6.45) is 2.19. The predicted octanol–water partition coefficient (Wildman–Crippen LogP) is 4.39. The number of hydrogen-bond acceptors (Lipinski definition) is 6. The number of hydrogen-bond donors (Lipinski definition) is 2. The number of rotatable bonds is 13. The molecule has 5 rings (SSSR count). The summed E-state index contributed by atoms with van der Waals surface area (Å²) in [6.45, 7) is 4.88. The highest BCUT2D eigenvalue weighted by Crippen LogP contribution is 2.34. The molecule has 2 atom stereocenters. The number of carbonyl (C=O) groups excluding carboxylic acids is 2. The van der Waals surface area contributed by atoms with E-state index in [0.717, 1.165) is 46.6 Å². The van der Waals surface area contributed by atoms with Gasteiger partial charge in [0.2, 0.25) is 11.8 Å². The normalized spacial score (nSPS) is 17.9. The number of piperazine rings is 1. The molecule has 8 nitrogen and oxygen atoms in total. The third-order valence-electron chi connectivity index (χ3n) is 7.99. The van der Waals surface area contributed by atoms with Crippen molar-refractivity contribution < 1.29 is 23.8 Å². The van der Waals surface area contributed by atoms with Crippen molar-refractivity contribution in [2.75, 3.05) is 40.0 Å². The third kappa shape index (κ3) is 8.03. The van der Waals surface area contributed by atoms with Crippen LogP contribution < -0.4 is 20.1 Å². The Morgan fingerprint density at radius 3 is 2.49 bits per heavy atom. The lowest BCUT2D eigenvalue weighted by Gasteiger charge is -2.44. The van der Waals surface area contributed by atoms with Crippen LogP contribution in [-0.4, -0.2) is 68.8 Å². The van der Waals surface area contributed by atoms with Gasteiger partial charge in [-0.2, -0.15) is 0 Å². The Morgan fingerprint density at radius 2 is 1.72 bits per heavy atom. The maximum atomic E-state index is 13.6. The Bertz CT molecular complexity index is 1410. The van der Waals surface area contributed by atoms with Crippen molar-refractivity contribution in [2.45, 2.75) is 44.9 Å². The Hall–Kier alpha value is -4.14. The van der Waals surface area contributed by atoms with E-state index in [2.05, 4.69) is 22.8 Å². The van der Waals surface area contributed by atoms with Crippen LogP contribution in [0.3, 0.4) is 0 Å². The van der Waals surface area contributed by atoms with Crippen molar-refractivity contribution in [1.29, 1.82) is 0 Å². The zero-order valence-electron chi connectivity index (χ0n) is 25.0. The second kappa shape index (κ2) is 14.8. The van der Waals surface area contributed by atoms with Gasteiger partial charge >= 0.3 is 0 Å². The maximum Gasteiger partial charge on any atom is 0.249 e. The van der Waals surface area contributed by atoms with Gasteiger partial charge in [-0.3, -0.25) is 9.59 Å². The minimum atomic E-state index is -0.213. The summed E-state index contributed by atoms with van der Waals surface area (Å²) < 4.78 is 17.2. The number of nitrogens with one attached hydrogen (secondary N) is 2. The molecule has 1 unspecified atom stereocenters. The van der Waals surface area contributed by atoms with Crippen LogP contribution in [0.25, 0.3) is 5.57 Å². The molecule has 2 aliphatic rings. The largest absolute Gasteiger partial charge is 0.496 e. The molecule has 2 amide bonds. The number of carbonyl (C=O) groups is 2. The highest BCUT2D eigenvalue weighted by atomic mass is 16.5. The second-order valence-corrected chi connectivity index (χ2v) is 11.0. The van der Waals surface area contributed by atoms with E-state index >= 15 is 0 Å². The molecule has 3 aromatic carbocycles. The third-order valence-corrected chi connectivity index (χ3v) is 7.99. The number of nitrogens with zero attached hydrogens (tertiary/aromatic N) is 1. The van der Waals surface area contributed by atoms with Crippen LogP contribution in [0.1, 0.15) is 36.5 Å². The van der Waals surface area contributed by atoms with E-state index in [0.29, 0.717) is 45.9 Å². The molecule has 2 N–H and O–H groups in total. The van der Waals surface area contributed by atoms with Crippen LogP contribution in [0.5, 0.6) is 11.5 Å². The first-order valence-corrected chi connectivity index (χ1v) is 15.0. The topological polar surface area (TPSA) is 89.1 Å². The molecule has 0 saturated carbocycles. The van der Waals surface area contributed by atoms with Crippen LogP contribution in [0.4, 0.5) is 0 Å². The highest BCUT2D eigenvalue weighted by molar-refractivity contribution is 6.03. The molecule has 226 valence electrons. The molecule has 1 fully saturated rings. The summed E-state index contributed by atoms with van der Waals surface area (Å²) in [5.74, 6) is 1.56. The smallest absolute Gasteiger partial charge is 0.249 e. The van der Waals surface area contributed by atoms with Crippen molar-refractivity contribution >= 4 is 17.4 Å². The molecule has 0 aliphatic carbocycles. The minimum Gasteiger partial charge on any atom is -0.496 e. The highest BCUT2D eigenvalue weighted by Gasteiger charge is 2.38. The molecule has 8 heteroatoms. The van der Waals surface area contributed by atoms with Gasteiger partial charge < -0.3 is 29.7 Å². The Kier molecular flexibility index (Phi) is 10.5. The van der Waals surface area contributed by atoms with Crippen molar-refractivity contribution in [1.82, 2.24) is 15.5 Å². The summed E-state index contributed by atoms with van der Waals surface area (Å²) in [6, 6.07) is 25.9. The Balaban J connectivity index is 1.20. The lowest BCUT2D eigenvalue weighted by molar-refractivity contribution is -0.131. The first-order valence-electron chi connectivity index (χ1n) is 15.0. The van der Waals surface area contributed by atoms with E-state index in [1.165, 1.54) is 5.56 Å². The summed E-state index contributed by atoms with van der Waals surface area (Å²) in [7, 11) is 1.66. The fraction of sp³-hybridized carbons (Fsp3) is 0.371. The van der Waals surface area contributed by atoms with Crippen molar-refractivity contribution in [3.05, 3.63) is 101 Å². The summed E-state index contributed by atoms with van der Waals surface area (Å²) in [4.78, 5) is 27.7. The molecule has 3 aromatic rings. The number of amides is 2. The SMILES string of the molecule is COc1ccccc1COCCCOc1ccc(C2=C(C(=O)NCCc3ccccc3)[C@H]3CN(C(C)=O)CC(C2)N3)cc1. The quantitative estimate of drug-likeness (QED) is 0.290. The Labute approximate surface area is 254 Å². The molecular formula is C35H41N3O5. The van der Waals surface area contributed by atoms with Crippen LogP contribution >= 0.6 is 0 Å². The van der Waals surface area contributed by atoms with Gasteiger partial charge in [-0.15, -0.1) is 0 Å². The van der Waals surface area contributed by atoms with Crippen molar-refractivity contribution in [3.63, 3.8) is 0 Å². The first-order chi connectivity index (χ1) is 21.0. The molecule has 0 spiro atoms. The van der Waals surface area contributed by atoms with Gasteiger partial charge in [0.05, 0.1) is 33.0 Å². The monoisotopic (exact) mass is 583 g/mol. The number of fused-ring (bicyclic) bond motifs is 2. The average molecular weight is 584 g/mol. The van der Waals surface area contributed by atoms with Crippen molar-refractivity contribution in [3.8, 4) is 11.5 Å². The molecule has 0 aromatic heterocycles. The van der Waals surface area contributed by atoms with E-state index in [-0.39, 0.29) is 23.9 Å². The minimum absolute atomic E-state index is 0.0375. The number of methoxy groups -OCH3 is 1. The lowest BCUT2D eigenvalue weighted by Crippen LogP contribution is -2.61. The molecule has 2 bridgehead atoms. The molecule has 0 radical (unpaired) electrons. The van der Waals surface area contributed by atoms with E-state index in [4.69, 9.17) is 14.2 Å². The zero-order valence-corrected chi connectivity index (χ0v) is 25.0. The van der Waals surface area contributed by atoms with Gasteiger partial charge in [-0.05, 0) is 47.7 Å².